The molecule has 0 atom stereocenters. The van der Waals surface area contributed by atoms with Crippen LogP contribution in [0.4, 0.5) is 0 Å². The summed E-state index contributed by atoms with van der Waals surface area (Å²) in [6.45, 7) is 0. The molecule has 4 nitrogen and oxygen atoms in total. The van der Waals surface area contributed by atoms with Gasteiger partial charge in [-0.05, 0) is 12.1 Å². The molecule has 12 heavy (non-hydrogen) atoms. The number of aldehydes is 1. The second-order valence-corrected chi connectivity index (χ2v) is 2.16. The zero-order chi connectivity index (χ0) is 9.14. The fourth-order valence-electron chi connectivity index (χ4n) is 0.808. The molecule has 1 aromatic rings. The molecule has 0 aliphatic rings. The normalized spacial score (nSPS) is 8.92. The molecule has 0 spiro atoms. The van der Waals surface area contributed by atoms with Gasteiger partial charge in [0, 0.05) is 0 Å². The molecule has 4 heteroatoms. The fourth-order valence-corrected chi connectivity index (χ4v) is 0.808. The second-order valence-electron chi connectivity index (χ2n) is 2.16. The van der Waals surface area contributed by atoms with Gasteiger partial charge in [0.05, 0.1) is 17.2 Å². The highest BCUT2D eigenvalue weighted by atomic mass is 16.3. The molecule has 0 heterocycles. The van der Waals surface area contributed by atoms with Crippen LogP contribution in [0.5, 0.6) is 11.5 Å². The van der Waals surface area contributed by atoms with Crippen molar-refractivity contribution in [2.75, 3.05) is 0 Å². The van der Waals surface area contributed by atoms with Crippen LogP contribution in [0.25, 0.3) is 0 Å². The predicted molar refractivity (Wildman–Crippen MR) is 39.9 cm³/mol. The zero-order valence-corrected chi connectivity index (χ0v) is 5.98. The first-order valence-electron chi connectivity index (χ1n) is 3.10. The minimum atomic E-state index is -0.387. The van der Waals surface area contributed by atoms with Crippen LogP contribution in [0, 0.1) is 11.3 Å². The van der Waals surface area contributed by atoms with Gasteiger partial charge < -0.3 is 10.2 Å². The molecule has 0 unspecified atom stereocenters. The largest absolute Gasteiger partial charge is 0.507 e. The summed E-state index contributed by atoms with van der Waals surface area (Å²) in [6.07, 6.45) is 0.325. The molecule has 0 bridgehead atoms. The van der Waals surface area contributed by atoms with Crippen molar-refractivity contribution in [3.05, 3.63) is 23.3 Å². The molecule has 0 aliphatic heterocycles. The topological polar surface area (TPSA) is 81.3 Å². The number of benzene rings is 1. The van der Waals surface area contributed by atoms with Crippen LogP contribution >= 0.6 is 0 Å². The standard InChI is InChI=1S/C8H5NO3/c9-3-5-1-7(11)6(4-10)8(12)2-5/h1-2,4,11-12H. The monoisotopic (exact) mass is 163 g/mol. The van der Waals surface area contributed by atoms with Gasteiger partial charge in [0.15, 0.2) is 6.29 Å². The quantitative estimate of drug-likeness (QED) is 0.599. The molecule has 60 valence electrons. The van der Waals surface area contributed by atoms with Crippen molar-refractivity contribution in [1.82, 2.24) is 0 Å². The van der Waals surface area contributed by atoms with Crippen LogP contribution in [0.3, 0.4) is 0 Å². The first kappa shape index (κ1) is 8.08. The van der Waals surface area contributed by atoms with E-state index in [1.807, 2.05) is 0 Å². The highest BCUT2D eigenvalue weighted by Gasteiger charge is 2.07. The van der Waals surface area contributed by atoms with Crippen molar-refractivity contribution in [2.45, 2.75) is 0 Å². The Balaban J connectivity index is 3.39. The van der Waals surface area contributed by atoms with Crippen LogP contribution in [0.2, 0.25) is 0 Å². The lowest BCUT2D eigenvalue weighted by Gasteiger charge is -1.99. The minimum absolute atomic E-state index is 0.107. The lowest BCUT2D eigenvalue weighted by molar-refractivity contribution is 0.111. The number of hydrogen-bond acceptors (Lipinski definition) is 4. The summed E-state index contributed by atoms with van der Waals surface area (Å²) in [4.78, 5) is 10.2. The molecule has 2 N–H and O–H groups in total. The Kier molecular flexibility index (Phi) is 1.97. The Labute approximate surface area is 68.3 Å². The maximum atomic E-state index is 10.2. The number of carbonyl (C=O) groups is 1. The summed E-state index contributed by atoms with van der Waals surface area (Å²) in [5.41, 5.74) is -0.0930. The maximum absolute atomic E-state index is 10.2. The molecule has 0 amide bonds. The Morgan fingerprint density at radius 3 is 2.17 bits per heavy atom. The smallest absolute Gasteiger partial charge is 0.157 e. The van der Waals surface area contributed by atoms with Crippen molar-refractivity contribution in [3.63, 3.8) is 0 Å². The number of aromatic hydroxyl groups is 2. The summed E-state index contributed by atoms with van der Waals surface area (Å²) < 4.78 is 0. The van der Waals surface area contributed by atoms with Gasteiger partial charge in [0.2, 0.25) is 0 Å². The predicted octanol–water partition coefficient (Wildman–Crippen LogP) is 0.782. The van der Waals surface area contributed by atoms with E-state index < -0.39 is 0 Å². The molecular formula is C8H5NO3. The Bertz CT molecular complexity index is 342. The average molecular weight is 163 g/mol. The van der Waals surface area contributed by atoms with Gasteiger partial charge in [0.1, 0.15) is 11.5 Å². The highest BCUT2D eigenvalue weighted by Crippen LogP contribution is 2.26. The fraction of sp³-hybridized carbons (Fsp3) is 0. The van der Waals surface area contributed by atoms with Crippen LogP contribution in [-0.2, 0) is 0 Å². The molecular weight excluding hydrogens is 158 g/mol. The second kappa shape index (κ2) is 2.93. The van der Waals surface area contributed by atoms with E-state index in [1.165, 1.54) is 0 Å². The van der Waals surface area contributed by atoms with Crippen molar-refractivity contribution in [3.8, 4) is 17.6 Å². The summed E-state index contributed by atoms with van der Waals surface area (Å²) >= 11 is 0. The Morgan fingerprint density at radius 2 is 1.83 bits per heavy atom. The Morgan fingerprint density at radius 1 is 1.33 bits per heavy atom. The third-order valence-corrected chi connectivity index (χ3v) is 1.38. The molecule has 0 aliphatic carbocycles. The number of rotatable bonds is 1. The van der Waals surface area contributed by atoms with E-state index in [1.54, 1.807) is 6.07 Å². The number of nitrogens with zero attached hydrogens (tertiary/aromatic N) is 1. The molecule has 0 saturated carbocycles. The minimum Gasteiger partial charge on any atom is -0.507 e. The number of carbonyl (C=O) groups excluding carboxylic acids is 1. The van der Waals surface area contributed by atoms with Crippen molar-refractivity contribution in [2.24, 2.45) is 0 Å². The van der Waals surface area contributed by atoms with E-state index in [2.05, 4.69) is 0 Å². The van der Waals surface area contributed by atoms with E-state index >= 15 is 0 Å². The molecule has 0 fully saturated rings. The van der Waals surface area contributed by atoms with Gasteiger partial charge in [-0.25, -0.2) is 0 Å². The van der Waals surface area contributed by atoms with Gasteiger partial charge in [-0.15, -0.1) is 0 Å². The van der Waals surface area contributed by atoms with E-state index in [0.717, 1.165) is 12.1 Å². The van der Waals surface area contributed by atoms with Crippen LogP contribution < -0.4 is 0 Å². The number of phenols is 2. The molecule has 1 aromatic carbocycles. The van der Waals surface area contributed by atoms with E-state index in [9.17, 15) is 4.79 Å². The molecule has 0 aromatic heterocycles. The zero-order valence-electron chi connectivity index (χ0n) is 5.98. The lowest BCUT2D eigenvalue weighted by atomic mass is 10.1. The van der Waals surface area contributed by atoms with Crippen LogP contribution in [0.15, 0.2) is 12.1 Å². The third kappa shape index (κ3) is 1.20. The summed E-state index contributed by atoms with van der Waals surface area (Å²) in [6, 6.07) is 3.95. The molecule has 1 rings (SSSR count). The average Bonchev–Trinajstić information content (AvgIpc) is 2.03. The van der Waals surface area contributed by atoms with Crippen molar-refractivity contribution in [1.29, 1.82) is 5.26 Å². The van der Waals surface area contributed by atoms with Crippen molar-refractivity contribution < 1.29 is 15.0 Å². The van der Waals surface area contributed by atoms with E-state index in [0.29, 0.717) is 6.29 Å². The number of hydrogen-bond donors (Lipinski definition) is 2. The summed E-state index contributed by atoms with van der Waals surface area (Å²) in [5.74, 6) is -0.775. The first-order valence-corrected chi connectivity index (χ1v) is 3.10. The lowest BCUT2D eigenvalue weighted by Crippen LogP contribution is -1.84. The van der Waals surface area contributed by atoms with Gasteiger partial charge in [-0.1, -0.05) is 0 Å². The van der Waals surface area contributed by atoms with E-state index in [-0.39, 0.29) is 22.6 Å². The highest BCUT2D eigenvalue weighted by molar-refractivity contribution is 5.83. The summed E-state index contributed by atoms with van der Waals surface area (Å²) in [5, 5.41) is 26.5. The summed E-state index contributed by atoms with van der Waals surface area (Å²) in [7, 11) is 0. The van der Waals surface area contributed by atoms with Crippen LogP contribution in [0.1, 0.15) is 15.9 Å². The number of phenolic OH excluding ortho intramolecular Hbond substituents is 2. The van der Waals surface area contributed by atoms with Gasteiger partial charge in [-0.3, -0.25) is 4.79 Å². The van der Waals surface area contributed by atoms with Gasteiger partial charge in [0.25, 0.3) is 0 Å². The first-order chi connectivity index (χ1) is 5.69. The number of nitriles is 1. The molecule has 0 radical (unpaired) electrons. The SMILES string of the molecule is N#Cc1cc(O)c(C=O)c(O)c1. The van der Waals surface area contributed by atoms with Gasteiger partial charge in [-0.2, -0.15) is 5.26 Å². The molecule has 0 saturated heterocycles. The van der Waals surface area contributed by atoms with E-state index in [4.69, 9.17) is 15.5 Å². The Hall–Kier alpha value is -2.02. The van der Waals surface area contributed by atoms with Gasteiger partial charge >= 0.3 is 0 Å². The third-order valence-electron chi connectivity index (χ3n) is 1.38. The van der Waals surface area contributed by atoms with Crippen LogP contribution in [-0.4, -0.2) is 16.5 Å². The van der Waals surface area contributed by atoms with Crippen molar-refractivity contribution >= 4 is 6.29 Å². The maximum Gasteiger partial charge on any atom is 0.157 e.